The third-order valence-electron chi connectivity index (χ3n) is 4.06. The summed E-state index contributed by atoms with van der Waals surface area (Å²) in [6.07, 6.45) is 4.03. The SMILES string of the molecule is Cc1nc(-c2ccccn2)sc1C(=O)Nc1ncc(Cc2cccc(Cl)c2Cl)s1. The fraction of sp³-hybridized carbons (Fsp3) is 0.100. The minimum atomic E-state index is -0.233. The first-order valence-corrected chi connectivity index (χ1v) is 11.0. The Morgan fingerprint density at radius 2 is 1.97 bits per heavy atom. The van der Waals surface area contributed by atoms with E-state index in [0.717, 1.165) is 16.1 Å². The van der Waals surface area contributed by atoms with Gasteiger partial charge in [-0.2, -0.15) is 0 Å². The molecular formula is C20H14Cl2N4OS2. The number of nitrogens with one attached hydrogen (secondary N) is 1. The molecule has 9 heteroatoms. The molecule has 0 spiro atoms. The van der Waals surface area contributed by atoms with Gasteiger partial charge in [-0.15, -0.1) is 22.7 Å². The Labute approximate surface area is 185 Å². The van der Waals surface area contributed by atoms with Gasteiger partial charge in [0.2, 0.25) is 0 Å². The van der Waals surface area contributed by atoms with Crippen molar-refractivity contribution < 1.29 is 4.79 Å². The van der Waals surface area contributed by atoms with Crippen LogP contribution in [-0.2, 0) is 6.42 Å². The summed E-state index contributed by atoms with van der Waals surface area (Å²) in [6, 6.07) is 11.1. The third-order valence-corrected chi connectivity index (χ3v) is 7.01. The molecule has 0 aliphatic heterocycles. The van der Waals surface area contributed by atoms with E-state index in [2.05, 4.69) is 20.3 Å². The van der Waals surface area contributed by atoms with Crippen LogP contribution in [0, 0.1) is 6.92 Å². The van der Waals surface area contributed by atoms with Gasteiger partial charge in [0, 0.05) is 23.7 Å². The molecule has 0 saturated heterocycles. The molecular weight excluding hydrogens is 447 g/mol. The fourth-order valence-electron chi connectivity index (χ4n) is 2.68. The highest BCUT2D eigenvalue weighted by atomic mass is 35.5. The number of aromatic nitrogens is 3. The van der Waals surface area contributed by atoms with Crippen LogP contribution in [0.3, 0.4) is 0 Å². The van der Waals surface area contributed by atoms with E-state index in [9.17, 15) is 4.79 Å². The zero-order valence-corrected chi connectivity index (χ0v) is 18.3. The predicted molar refractivity (Wildman–Crippen MR) is 119 cm³/mol. The molecule has 0 atom stereocenters. The van der Waals surface area contributed by atoms with E-state index < -0.39 is 0 Å². The van der Waals surface area contributed by atoms with E-state index in [0.29, 0.717) is 37.2 Å². The lowest BCUT2D eigenvalue weighted by Gasteiger charge is -2.03. The van der Waals surface area contributed by atoms with Crippen molar-refractivity contribution in [3.8, 4) is 10.7 Å². The highest BCUT2D eigenvalue weighted by Gasteiger charge is 2.18. The van der Waals surface area contributed by atoms with Crippen molar-refractivity contribution in [3.05, 3.63) is 79.8 Å². The molecule has 0 saturated carbocycles. The maximum atomic E-state index is 12.7. The van der Waals surface area contributed by atoms with Crippen molar-refractivity contribution >= 4 is 56.9 Å². The molecule has 4 rings (SSSR count). The second-order valence-electron chi connectivity index (χ2n) is 6.12. The maximum absolute atomic E-state index is 12.7. The number of hydrogen-bond donors (Lipinski definition) is 1. The van der Waals surface area contributed by atoms with Gasteiger partial charge in [-0.1, -0.05) is 41.4 Å². The molecule has 0 aliphatic rings. The Bertz CT molecular complexity index is 1170. The Hall–Kier alpha value is -2.32. The Morgan fingerprint density at radius 3 is 2.76 bits per heavy atom. The highest BCUT2D eigenvalue weighted by Crippen LogP contribution is 2.31. The number of rotatable bonds is 5. The number of anilines is 1. The molecule has 5 nitrogen and oxygen atoms in total. The highest BCUT2D eigenvalue weighted by molar-refractivity contribution is 7.17. The van der Waals surface area contributed by atoms with Gasteiger partial charge >= 0.3 is 0 Å². The summed E-state index contributed by atoms with van der Waals surface area (Å²) in [6.45, 7) is 1.81. The van der Waals surface area contributed by atoms with Crippen LogP contribution in [0.5, 0.6) is 0 Å². The standard InChI is InChI=1S/C20H14Cl2N4OS2/c1-11-17(29-19(25-11)15-7-2-3-8-23-15)18(27)26-20-24-10-13(28-20)9-12-5-4-6-14(21)16(12)22/h2-8,10H,9H2,1H3,(H,24,26,27). The van der Waals surface area contributed by atoms with Crippen LogP contribution >= 0.6 is 45.9 Å². The summed E-state index contributed by atoms with van der Waals surface area (Å²) < 4.78 is 0. The second kappa shape index (κ2) is 8.59. The molecule has 146 valence electrons. The predicted octanol–water partition coefficient (Wildman–Crippen LogP) is 6.12. The zero-order valence-electron chi connectivity index (χ0n) is 15.1. The smallest absolute Gasteiger partial charge is 0.269 e. The van der Waals surface area contributed by atoms with Crippen molar-refractivity contribution in [1.29, 1.82) is 0 Å². The van der Waals surface area contributed by atoms with Gasteiger partial charge in [0.05, 0.1) is 21.4 Å². The lowest BCUT2D eigenvalue weighted by atomic mass is 10.1. The number of carbonyl (C=O) groups excluding carboxylic acids is 1. The number of aryl methyl sites for hydroxylation is 1. The van der Waals surface area contributed by atoms with Crippen LogP contribution in [0.4, 0.5) is 5.13 Å². The molecule has 4 aromatic rings. The zero-order chi connectivity index (χ0) is 20.4. The quantitative estimate of drug-likeness (QED) is 0.389. The molecule has 0 radical (unpaired) electrons. The van der Waals surface area contributed by atoms with Gasteiger partial charge in [0.15, 0.2) is 5.13 Å². The summed E-state index contributed by atoms with van der Waals surface area (Å²) in [5.74, 6) is -0.233. The van der Waals surface area contributed by atoms with Gasteiger partial charge in [-0.3, -0.25) is 15.1 Å². The molecule has 3 heterocycles. The van der Waals surface area contributed by atoms with Crippen LogP contribution in [0.15, 0.2) is 48.8 Å². The van der Waals surface area contributed by atoms with E-state index in [1.807, 2.05) is 37.3 Å². The van der Waals surface area contributed by atoms with Crippen LogP contribution in [0.1, 0.15) is 25.8 Å². The molecule has 1 amide bonds. The average Bonchev–Trinajstić information content (AvgIpc) is 3.32. The maximum Gasteiger partial charge on any atom is 0.269 e. The Balaban J connectivity index is 1.48. The first kappa shape index (κ1) is 20.0. The Morgan fingerprint density at radius 1 is 1.10 bits per heavy atom. The first-order valence-electron chi connectivity index (χ1n) is 8.59. The van der Waals surface area contributed by atoms with Crippen molar-refractivity contribution in [2.75, 3.05) is 5.32 Å². The summed E-state index contributed by atoms with van der Waals surface area (Å²) >= 11 is 15.0. The topological polar surface area (TPSA) is 67.8 Å². The van der Waals surface area contributed by atoms with Crippen molar-refractivity contribution in [2.45, 2.75) is 13.3 Å². The van der Waals surface area contributed by atoms with E-state index in [1.165, 1.54) is 22.7 Å². The van der Waals surface area contributed by atoms with Crippen LogP contribution in [-0.4, -0.2) is 20.9 Å². The number of carbonyl (C=O) groups is 1. The minimum absolute atomic E-state index is 0.233. The third kappa shape index (κ3) is 4.48. The van der Waals surface area contributed by atoms with E-state index >= 15 is 0 Å². The molecule has 0 fully saturated rings. The van der Waals surface area contributed by atoms with Gasteiger partial charge in [0.1, 0.15) is 9.88 Å². The van der Waals surface area contributed by atoms with Crippen LogP contribution < -0.4 is 5.32 Å². The summed E-state index contributed by atoms with van der Waals surface area (Å²) in [5.41, 5.74) is 2.32. The van der Waals surface area contributed by atoms with E-state index in [1.54, 1.807) is 18.5 Å². The molecule has 3 aromatic heterocycles. The van der Waals surface area contributed by atoms with Crippen molar-refractivity contribution in [1.82, 2.24) is 15.0 Å². The van der Waals surface area contributed by atoms with Gasteiger partial charge in [0.25, 0.3) is 5.91 Å². The molecule has 1 aromatic carbocycles. The number of thiazole rings is 2. The number of pyridine rings is 1. The van der Waals surface area contributed by atoms with Crippen LogP contribution in [0.2, 0.25) is 10.0 Å². The molecule has 0 bridgehead atoms. The number of benzene rings is 1. The number of hydrogen-bond acceptors (Lipinski definition) is 6. The number of amides is 1. The molecule has 0 aliphatic carbocycles. The fourth-order valence-corrected chi connectivity index (χ4v) is 4.84. The molecule has 29 heavy (non-hydrogen) atoms. The summed E-state index contributed by atoms with van der Waals surface area (Å²) in [4.78, 5) is 27.3. The van der Waals surface area contributed by atoms with Crippen molar-refractivity contribution in [3.63, 3.8) is 0 Å². The van der Waals surface area contributed by atoms with Gasteiger partial charge in [-0.05, 0) is 30.7 Å². The second-order valence-corrected chi connectivity index (χ2v) is 9.02. The summed E-state index contributed by atoms with van der Waals surface area (Å²) in [5, 5.41) is 5.15. The largest absolute Gasteiger partial charge is 0.297 e. The van der Waals surface area contributed by atoms with Crippen LogP contribution in [0.25, 0.3) is 10.7 Å². The first-order chi connectivity index (χ1) is 14.0. The number of halogens is 2. The van der Waals surface area contributed by atoms with E-state index in [4.69, 9.17) is 23.2 Å². The molecule has 1 N–H and O–H groups in total. The van der Waals surface area contributed by atoms with E-state index in [-0.39, 0.29) is 5.91 Å². The van der Waals surface area contributed by atoms with Gasteiger partial charge in [-0.25, -0.2) is 9.97 Å². The van der Waals surface area contributed by atoms with Gasteiger partial charge < -0.3 is 0 Å². The molecule has 0 unspecified atom stereocenters. The van der Waals surface area contributed by atoms with Crippen molar-refractivity contribution in [2.24, 2.45) is 0 Å². The Kier molecular flexibility index (Phi) is 5.91. The lowest BCUT2D eigenvalue weighted by molar-refractivity contribution is 0.103. The average molecular weight is 461 g/mol. The minimum Gasteiger partial charge on any atom is -0.297 e. The lowest BCUT2D eigenvalue weighted by Crippen LogP contribution is -2.11. The summed E-state index contributed by atoms with van der Waals surface area (Å²) in [7, 11) is 0. The monoisotopic (exact) mass is 460 g/mol. The number of nitrogens with zero attached hydrogens (tertiary/aromatic N) is 3. The normalized spacial score (nSPS) is 10.9.